The van der Waals surface area contributed by atoms with Gasteiger partial charge >= 0.3 is 0 Å². The Labute approximate surface area is 462 Å². The van der Waals surface area contributed by atoms with Gasteiger partial charge in [-0.25, -0.2) is 0 Å². The lowest BCUT2D eigenvalue weighted by molar-refractivity contribution is 0.286. The molecule has 76 heavy (non-hydrogen) atoms. The van der Waals surface area contributed by atoms with Gasteiger partial charge in [0.15, 0.2) is 0 Å². The summed E-state index contributed by atoms with van der Waals surface area (Å²) >= 11 is 0. The van der Waals surface area contributed by atoms with E-state index in [1.165, 1.54) is 133 Å². The number of unbranched alkanes of at least 4 members (excludes halogenated alkanes) is 16. The first-order chi connectivity index (χ1) is 36.8. The van der Waals surface area contributed by atoms with Crippen molar-refractivity contribution in [2.24, 2.45) is 0 Å². The first-order valence-corrected chi connectivity index (χ1v) is 33.4. The van der Waals surface area contributed by atoms with E-state index in [0.29, 0.717) is 0 Å². The number of aryl methyl sites for hydroxylation is 2. The molecule has 0 aliphatic carbocycles. The van der Waals surface area contributed by atoms with Crippen molar-refractivity contribution in [1.82, 2.24) is 0 Å². The molecule has 1 heterocycles. The van der Waals surface area contributed by atoms with Gasteiger partial charge in [-0.15, -0.1) is 0 Å². The summed E-state index contributed by atoms with van der Waals surface area (Å²) in [5.41, 5.74) is 4.96. The van der Waals surface area contributed by atoms with Gasteiger partial charge in [-0.2, -0.15) is 0 Å². The van der Waals surface area contributed by atoms with Crippen LogP contribution in [0.2, 0.25) is 10.1 Å². The number of benzene rings is 6. The van der Waals surface area contributed by atoms with Crippen molar-refractivity contribution in [2.45, 2.75) is 187 Å². The monoisotopic (exact) mass is 1060 g/mol. The lowest BCUT2D eigenvalue weighted by Crippen LogP contribution is -2.66. The van der Waals surface area contributed by atoms with E-state index < -0.39 is 16.6 Å². The van der Waals surface area contributed by atoms with Crippen LogP contribution in [0.1, 0.15) is 179 Å². The molecule has 5 nitrogen and oxygen atoms in total. The van der Waals surface area contributed by atoms with Crippen LogP contribution in [0, 0.1) is 13.8 Å². The predicted molar refractivity (Wildman–Crippen MR) is 326 cm³/mol. The SMILES string of the molecule is Cc1cc(OCCCCCCCCCCCO[Si](c2ccccc2)(c2ccccc2)C(C)(C)C)cc2c1Cc1c(C)cc(OCCCCCCCCCCCO[Si](c3ccccc3)(c3ccccc3)C(C)(C)C)cc1O2. The van der Waals surface area contributed by atoms with Gasteiger partial charge in [0.1, 0.15) is 23.0 Å². The number of ether oxygens (including phenoxy) is 3. The molecule has 0 saturated carbocycles. The third-order valence-corrected chi connectivity index (χ3v) is 26.1. The minimum atomic E-state index is -2.44. The van der Waals surface area contributed by atoms with E-state index in [1.54, 1.807) is 0 Å². The second-order valence-electron chi connectivity index (χ2n) is 23.8. The Morgan fingerprint density at radius 1 is 0.355 bits per heavy atom. The highest BCUT2D eigenvalue weighted by atomic mass is 28.4. The van der Waals surface area contributed by atoms with E-state index in [4.69, 9.17) is 23.1 Å². The fraction of sp³-hybridized carbons (Fsp3) is 0.478. The zero-order chi connectivity index (χ0) is 53.7. The molecule has 7 heteroatoms. The van der Waals surface area contributed by atoms with Crippen LogP contribution in [-0.2, 0) is 15.3 Å². The molecular weight excluding hydrogens is 965 g/mol. The van der Waals surface area contributed by atoms with Crippen LogP contribution < -0.4 is 35.0 Å². The molecule has 0 unspecified atom stereocenters. The Bertz CT molecular complexity index is 2350. The van der Waals surface area contributed by atoms with Crippen LogP contribution in [-0.4, -0.2) is 43.1 Å². The molecule has 0 N–H and O–H groups in total. The molecule has 0 radical (unpaired) electrons. The molecule has 0 atom stereocenters. The smallest absolute Gasteiger partial charge is 0.261 e. The van der Waals surface area contributed by atoms with Gasteiger partial charge in [-0.05, 0) is 93.6 Å². The molecule has 0 aromatic heterocycles. The van der Waals surface area contributed by atoms with Gasteiger partial charge in [-0.1, -0.05) is 253 Å². The molecule has 1 aliphatic rings. The zero-order valence-corrected chi connectivity index (χ0v) is 50.2. The van der Waals surface area contributed by atoms with E-state index in [2.05, 4.69) is 201 Å². The van der Waals surface area contributed by atoms with Crippen LogP contribution in [0.15, 0.2) is 146 Å². The molecule has 6 aromatic rings. The zero-order valence-electron chi connectivity index (χ0n) is 48.2. The summed E-state index contributed by atoms with van der Waals surface area (Å²) in [6.45, 7) is 21.6. The molecule has 408 valence electrons. The van der Waals surface area contributed by atoms with Gasteiger partial charge in [-0.3, -0.25) is 0 Å². The summed E-state index contributed by atoms with van der Waals surface area (Å²) in [4.78, 5) is 0. The molecule has 7 rings (SSSR count). The topological polar surface area (TPSA) is 46.2 Å². The number of rotatable bonds is 32. The van der Waals surface area contributed by atoms with Gasteiger partial charge in [0.05, 0.1) is 13.2 Å². The van der Waals surface area contributed by atoms with Crippen LogP contribution in [0.25, 0.3) is 0 Å². The van der Waals surface area contributed by atoms with Crippen LogP contribution in [0.3, 0.4) is 0 Å². The number of fused-ring (bicyclic) bond motifs is 2. The van der Waals surface area contributed by atoms with Crippen molar-refractivity contribution in [3.63, 3.8) is 0 Å². The molecular formula is C69H94O5Si2. The van der Waals surface area contributed by atoms with Gasteiger partial charge < -0.3 is 23.1 Å². The lowest BCUT2D eigenvalue weighted by Gasteiger charge is -2.43. The molecule has 1 aliphatic heterocycles. The quantitative estimate of drug-likeness (QED) is 0.0311. The highest BCUT2D eigenvalue weighted by Gasteiger charge is 2.51. The Morgan fingerprint density at radius 2 is 0.618 bits per heavy atom. The van der Waals surface area contributed by atoms with Gasteiger partial charge in [0, 0.05) is 42.9 Å². The summed E-state index contributed by atoms with van der Waals surface area (Å²) < 4.78 is 33.5. The van der Waals surface area contributed by atoms with E-state index >= 15 is 0 Å². The summed E-state index contributed by atoms with van der Waals surface area (Å²) in [6.07, 6.45) is 22.9. The number of hydrogen-bond donors (Lipinski definition) is 0. The van der Waals surface area contributed by atoms with Crippen molar-refractivity contribution in [3.8, 4) is 23.0 Å². The van der Waals surface area contributed by atoms with Crippen LogP contribution >= 0.6 is 0 Å². The van der Waals surface area contributed by atoms with Crippen molar-refractivity contribution in [1.29, 1.82) is 0 Å². The summed E-state index contributed by atoms with van der Waals surface area (Å²) in [5, 5.41) is 5.51. The van der Waals surface area contributed by atoms with Crippen LogP contribution in [0.4, 0.5) is 0 Å². The summed E-state index contributed by atoms with van der Waals surface area (Å²) in [7, 11) is -4.88. The lowest BCUT2D eigenvalue weighted by atomic mass is 9.93. The van der Waals surface area contributed by atoms with Crippen LogP contribution in [0.5, 0.6) is 23.0 Å². The summed E-state index contributed by atoms with van der Waals surface area (Å²) in [5.74, 6) is 3.63. The van der Waals surface area contributed by atoms with Crippen molar-refractivity contribution in [3.05, 3.63) is 168 Å². The van der Waals surface area contributed by atoms with Gasteiger partial charge in [0.25, 0.3) is 16.6 Å². The molecule has 0 saturated heterocycles. The van der Waals surface area contributed by atoms with Gasteiger partial charge in [0.2, 0.25) is 0 Å². The summed E-state index contributed by atoms with van der Waals surface area (Å²) in [6, 6.07) is 52.6. The second-order valence-corrected chi connectivity index (χ2v) is 32.4. The third-order valence-electron chi connectivity index (χ3n) is 16.0. The number of hydrogen-bond acceptors (Lipinski definition) is 5. The Hall–Kier alpha value is -4.93. The molecule has 0 spiro atoms. The highest BCUT2D eigenvalue weighted by molar-refractivity contribution is 7.00. The van der Waals surface area contributed by atoms with Crippen molar-refractivity contribution < 1.29 is 23.1 Å². The van der Waals surface area contributed by atoms with Crippen molar-refractivity contribution in [2.75, 3.05) is 26.4 Å². The largest absolute Gasteiger partial charge is 0.493 e. The average Bonchev–Trinajstić information content (AvgIpc) is 3.41. The first kappa shape index (κ1) is 58.7. The molecule has 0 fully saturated rings. The Morgan fingerprint density at radius 3 is 0.895 bits per heavy atom. The molecule has 0 amide bonds. The predicted octanol–water partition coefficient (Wildman–Crippen LogP) is 16.9. The third kappa shape index (κ3) is 15.6. The highest BCUT2D eigenvalue weighted by Crippen LogP contribution is 2.44. The molecule has 6 aromatic carbocycles. The second kappa shape index (κ2) is 29.2. The maximum absolute atomic E-state index is 7.11. The maximum atomic E-state index is 7.11. The normalized spacial score (nSPS) is 12.7. The minimum absolute atomic E-state index is 0.0270. The minimum Gasteiger partial charge on any atom is -0.493 e. The average molecular weight is 1060 g/mol. The molecule has 0 bridgehead atoms. The van der Waals surface area contributed by atoms with E-state index in [1.807, 2.05) is 0 Å². The van der Waals surface area contributed by atoms with E-state index in [-0.39, 0.29) is 10.1 Å². The van der Waals surface area contributed by atoms with Crippen molar-refractivity contribution >= 4 is 37.4 Å². The fourth-order valence-corrected chi connectivity index (χ4v) is 21.1. The Kier molecular flexibility index (Phi) is 22.5. The Balaban J connectivity index is 0.729. The standard InChI is InChI=1S/C69H94O5Si2/c1-56-51-58(70-47-35-19-15-11-9-13-17-21-37-49-72-75(68(3,4)5,60-39-27-23-28-40-60)61-41-29-24-30-42-61)53-66-64(56)55-65-57(2)52-59(54-67(65)74-66)71-48-36-20-16-12-10-14-18-22-38-50-73-76(69(6,7)8,62-43-31-25-32-44-62)63-45-33-26-34-46-63/h23-34,39-46,51-54H,9-22,35-38,47-50,55H2,1-8H3. The fourth-order valence-electron chi connectivity index (χ4n) is 11.8. The first-order valence-electron chi connectivity index (χ1n) is 29.5. The maximum Gasteiger partial charge on any atom is 0.261 e. The van der Waals surface area contributed by atoms with E-state index in [9.17, 15) is 0 Å². The van der Waals surface area contributed by atoms with E-state index in [0.717, 1.165) is 81.5 Å².